The fraction of sp³-hybridized carbons (Fsp3) is 0.722. The van der Waals surface area contributed by atoms with Crippen molar-refractivity contribution in [2.75, 3.05) is 13.2 Å². The molecule has 0 aliphatic heterocycles. The maximum Gasteiger partial charge on any atom is 0.306 e. The van der Waals surface area contributed by atoms with Gasteiger partial charge in [0, 0.05) is 19.3 Å². The van der Waals surface area contributed by atoms with E-state index in [-0.39, 0.29) is 37.5 Å². The molecule has 0 fully saturated rings. The van der Waals surface area contributed by atoms with Crippen molar-refractivity contribution in [3.8, 4) is 0 Å². The lowest BCUT2D eigenvalue weighted by Gasteiger charge is -2.18. The number of carbonyl (C=O) groups excluding carboxylic acids is 3. The highest BCUT2D eigenvalue weighted by atomic mass is 16.6. The summed E-state index contributed by atoms with van der Waals surface area (Å²) in [5.74, 6) is -0.993. The number of carbonyl (C=O) groups is 3. The Kier molecular flexibility index (Phi) is 46.0. The second-order valence-electron chi connectivity index (χ2n) is 16.4. The molecule has 0 aromatic heterocycles. The van der Waals surface area contributed by atoms with Gasteiger partial charge in [0.05, 0.1) is 0 Å². The molecule has 0 bridgehead atoms. The molecular formula is C54H92O6. The molecule has 0 heterocycles. The van der Waals surface area contributed by atoms with Crippen LogP contribution in [0.1, 0.15) is 233 Å². The van der Waals surface area contributed by atoms with Gasteiger partial charge in [-0.05, 0) is 96.3 Å². The van der Waals surface area contributed by atoms with Gasteiger partial charge in [0.1, 0.15) is 13.2 Å². The van der Waals surface area contributed by atoms with Gasteiger partial charge in [-0.3, -0.25) is 14.4 Å². The lowest BCUT2D eigenvalue weighted by molar-refractivity contribution is -0.167. The Hall–Kier alpha value is -3.15. The van der Waals surface area contributed by atoms with Crippen LogP contribution in [0.5, 0.6) is 0 Å². The van der Waals surface area contributed by atoms with Crippen molar-refractivity contribution in [3.63, 3.8) is 0 Å². The van der Waals surface area contributed by atoms with Crippen LogP contribution >= 0.6 is 0 Å². The van der Waals surface area contributed by atoms with Gasteiger partial charge in [-0.1, -0.05) is 190 Å². The minimum absolute atomic E-state index is 0.107. The Labute approximate surface area is 370 Å². The van der Waals surface area contributed by atoms with Crippen LogP contribution in [0.15, 0.2) is 72.9 Å². The largest absolute Gasteiger partial charge is 0.462 e. The first-order chi connectivity index (χ1) is 29.5. The van der Waals surface area contributed by atoms with Crippen LogP contribution in [-0.2, 0) is 28.6 Å². The third kappa shape index (κ3) is 45.9. The van der Waals surface area contributed by atoms with Gasteiger partial charge in [-0.15, -0.1) is 0 Å². The third-order valence-corrected chi connectivity index (χ3v) is 10.4. The Morgan fingerprint density at radius 1 is 0.367 bits per heavy atom. The summed E-state index contributed by atoms with van der Waals surface area (Å²) in [6.45, 7) is 6.42. The molecule has 0 spiro atoms. The molecule has 0 amide bonds. The number of allylic oxidation sites excluding steroid dienone is 12. The highest BCUT2D eigenvalue weighted by Crippen LogP contribution is 2.13. The van der Waals surface area contributed by atoms with Gasteiger partial charge < -0.3 is 14.2 Å². The molecule has 0 aliphatic rings. The molecule has 0 aliphatic carbocycles. The first kappa shape index (κ1) is 56.9. The minimum atomic E-state index is -0.807. The van der Waals surface area contributed by atoms with E-state index in [1.807, 2.05) is 0 Å². The van der Waals surface area contributed by atoms with E-state index in [4.69, 9.17) is 14.2 Å². The lowest BCUT2D eigenvalue weighted by Crippen LogP contribution is -2.30. The minimum Gasteiger partial charge on any atom is -0.462 e. The molecule has 0 aromatic carbocycles. The van der Waals surface area contributed by atoms with Gasteiger partial charge >= 0.3 is 17.9 Å². The maximum atomic E-state index is 12.8. The SMILES string of the molecule is CC/C=C\C/C=C\C/C=C\CCCC(=O)OCC(COC(=O)CCCCC/C=C\C=C/CCCCCCCCC)OC(=O)CCCCCCCCC/C=C\CCCCCC. The number of hydrogen-bond donors (Lipinski definition) is 0. The zero-order valence-corrected chi connectivity index (χ0v) is 39.2. The van der Waals surface area contributed by atoms with Gasteiger partial charge in [0.15, 0.2) is 6.10 Å². The van der Waals surface area contributed by atoms with Crippen molar-refractivity contribution in [3.05, 3.63) is 72.9 Å². The second-order valence-corrected chi connectivity index (χ2v) is 16.4. The summed E-state index contributed by atoms with van der Waals surface area (Å²) in [6, 6.07) is 0. The second kappa shape index (κ2) is 48.5. The van der Waals surface area contributed by atoms with E-state index >= 15 is 0 Å². The topological polar surface area (TPSA) is 78.9 Å². The van der Waals surface area contributed by atoms with E-state index in [1.165, 1.54) is 109 Å². The first-order valence-corrected chi connectivity index (χ1v) is 25.0. The van der Waals surface area contributed by atoms with Gasteiger partial charge in [-0.2, -0.15) is 0 Å². The molecule has 344 valence electrons. The van der Waals surface area contributed by atoms with Gasteiger partial charge in [0.2, 0.25) is 0 Å². The first-order valence-electron chi connectivity index (χ1n) is 25.0. The van der Waals surface area contributed by atoms with E-state index in [0.29, 0.717) is 19.3 Å². The number of esters is 3. The van der Waals surface area contributed by atoms with Crippen molar-refractivity contribution in [2.24, 2.45) is 0 Å². The van der Waals surface area contributed by atoms with Crippen molar-refractivity contribution in [2.45, 2.75) is 239 Å². The average Bonchev–Trinajstić information content (AvgIpc) is 3.24. The number of unbranched alkanes of at least 4 members (excludes halogenated alkanes) is 22. The summed E-state index contributed by atoms with van der Waals surface area (Å²) >= 11 is 0. The molecule has 6 heteroatoms. The maximum absolute atomic E-state index is 12.8. The third-order valence-electron chi connectivity index (χ3n) is 10.4. The summed E-state index contributed by atoms with van der Waals surface area (Å²) in [4.78, 5) is 37.8. The molecule has 0 saturated carbocycles. The van der Waals surface area contributed by atoms with Gasteiger partial charge in [-0.25, -0.2) is 0 Å². The smallest absolute Gasteiger partial charge is 0.306 e. The van der Waals surface area contributed by atoms with Crippen LogP contribution in [0.3, 0.4) is 0 Å². The molecule has 0 saturated heterocycles. The summed E-state index contributed by atoms with van der Waals surface area (Å²) in [5.41, 5.74) is 0. The van der Waals surface area contributed by atoms with Crippen molar-refractivity contribution in [1.29, 1.82) is 0 Å². The van der Waals surface area contributed by atoms with E-state index in [1.54, 1.807) is 0 Å². The molecule has 6 nitrogen and oxygen atoms in total. The average molecular weight is 837 g/mol. The zero-order valence-electron chi connectivity index (χ0n) is 39.2. The van der Waals surface area contributed by atoms with Crippen LogP contribution in [0, 0.1) is 0 Å². The summed E-state index contributed by atoms with van der Waals surface area (Å²) in [7, 11) is 0. The fourth-order valence-electron chi connectivity index (χ4n) is 6.69. The number of rotatable bonds is 44. The molecular weight excluding hydrogens is 745 g/mol. The molecule has 60 heavy (non-hydrogen) atoms. The summed E-state index contributed by atoms with van der Waals surface area (Å²) in [5, 5.41) is 0. The standard InChI is InChI=1S/C54H92O6/c1-4-7-10-13-16-19-22-24-26-28-29-32-35-38-41-44-47-53(56)59-50-51(49-58-52(55)46-43-40-37-34-31-21-18-15-12-9-6-3)60-54(57)48-45-42-39-36-33-30-27-25-23-20-17-14-11-8-5-2/h9,12,18,20-21,23,26,28-29,32,34,37,51H,4-8,10-11,13-17,19,22,24-25,27,30-31,33,35-36,38-50H2,1-3H3/b12-9-,21-18-,23-20-,28-26-,32-29-,37-34-. The Morgan fingerprint density at radius 3 is 1.23 bits per heavy atom. The molecule has 0 radical (unpaired) electrons. The molecule has 1 unspecified atom stereocenters. The summed E-state index contributed by atoms with van der Waals surface area (Å²) in [6.07, 6.45) is 60.4. The van der Waals surface area contributed by atoms with Crippen LogP contribution in [-0.4, -0.2) is 37.2 Å². The highest BCUT2D eigenvalue weighted by Gasteiger charge is 2.19. The van der Waals surface area contributed by atoms with Crippen LogP contribution < -0.4 is 0 Å². The Balaban J connectivity index is 4.47. The van der Waals surface area contributed by atoms with E-state index in [2.05, 4.69) is 93.7 Å². The molecule has 0 N–H and O–H groups in total. The van der Waals surface area contributed by atoms with Crippen LogP contribution in [0.2, 0.25) is 0 Å². The van der Waals surface area contributed by atoms with Gasteiger partial charge in [0.25, 0.3) is 0 Å². The Morgan fingerprint density at radius 2 is 0.717 bits per heavy atom. The predicted molar refractivity (Wildman–Crippen MR) is 256 cm³/mol. The van der Waals surface area contributed by atoms with Crippen LogP contribution in [0.25, 0.3) is 0 Å². The summed E-state index contributed by atoms with van der Waals surface area (Å²) < 4.78 is 16.7. The van der Waals surface area contributed by atoms with E-state index in [9.17, 15) is 14.4 Å². The van der Waals surface area contributed by atoms with E-state index in [0.717, 1.165) is 77.0 Å². The molecule has 1 atom stereocenters. The molecule has 0 aromatic rings. The van der Waals surface area contributed by atoms with Crippen molar-refractivity contribution < 1.29 is 28.6 Å². The Bertz CT molecular complexity index is 1140. The zero-order chi connectivity index (χ0) is 43.7. The van der Waals surface area contributed by atoms with Crippen molar-refractivity contribution >= 4 is 17.9 Å². The normalized spacial score (nSPS) is 12.7. The number of hydrogen-bond acceptors (Lipinski definition) is 6. The van der Waals surface area contributed by atoms with Crippen LogP contribution in [0.4, 0.5) is 0 Å². The highest BCUT2D eigenvalue weighted by molar-refractivity contribution is 5.71. The monoisotopic (exact) mass is 837 g/mol. The predicted octanol–water partition coefficient (Wildman–Crippen LogP) is 16.3. The van der Waals surface area contributed by atoms with Crippen molar-refractivity contribution in [1.82, 2.24) is 0 Å². The fourth-order valence-corrected chi connectivity index (χ4v) is 6.69. The lowest BCUT2D eigenvalue weighted by atomic mass is 10.1. The quantitative estimate of drug-likeness (QED) is 0.0200. The molecule has 0 rings (SSSR count). The van der Waals surface area contributed by atoms with E-state index < -0.39 is 6.10 Å². The number of ether oxygens (including phenoxy) is 3.